The number of benzene rings is 2. The summed E-state index contributed by atoms with van der Waals surface area (Å²) in [5.74, 6) is -2.01. The van der Waals surface area contributed by atoms with Gasteiger partial charge in [-0.2, -0.15) is 0 Å². The van der Waals surface area contributed by atoms with Gasteiger partial charge in [0.25, 0.3) is 11.8 Å². The Balaban J connectivity index is 2.02. The topological polar surface area (TPSA) is 97.7 Å². The Morgan fingerprint density at radius 1 is 1.16 bits per heavy atom. The Bertz CT molecular complexity index is 1060. The molecule has 3 rings (SSSR count). The van der Waals surface area contributed by atoms with E-state index in [9.17, 15) is 14.0 Å². The van der Waals surface area contributed by atoms with Crippen LogP contribution in [0.25, 0.3) is 11.0 Å². The van der Waals surface area contributed by atoms with E-state index in [2.05, 4.69) is 10.5 Å². The normalized spacial score (nSPS) is 11.5. The molecule has 0 unspecified atom stereocenters. The molecular formula is C17H11ClFN3O3. The molecule has 0 spiro atoms. The lowest BCUT2D eigenvalue weighted by Crippen LogP contribution is -2.27. The first kappa shape index (κ1) is 16.7. The molecule has 8 heteroatoms. The van der Waals surface area contributed by atoms with Gasteiger partial charge in [-0.15, -0.1) is 5.10 Å². The maximum Gasteiger partial charge on any atom is 0.271 e. The molecule has 0 radical (unpaired) electrons. The molecule has 0 bridgehead atoms. The molecule has 6 nitrogen and oxygen atoms in total. The number of fused-ring (bicyclic) bond motifs is 1. The fourth-order valence-electron chi connectivity index (χ4n) is 2.16. The first-order valence-corrected chi connectivity index (χ1v) is 7.45. The number of nitrogens with one attached hydrogen (secondary N) is 1. The largest absolute Gasteiger partial charge is 0.436 e. The van der Waals surface area contributed by atoms with Crippen LogP contribution in [0.1, 0.15) is 20.7 Å². The van der Waals surface area contributed by atoms with Gasteiger partial charge in [0.05, 0.1) is 0 Å². The Morgan fingerprint density at radius 3 is 2.68 bits per heavy atom. The average Bonchev–Trinajstić information content (AvgIpc) is 2.58. The number of nitrogens with zero attached hydrogens (tertiary/aromatic N) is 1. The maximum absolute atomic E-state index is 13.2. The number of hydrogen-bond donors (Lipinski definition) is 2. The fraction of sp³-hybridized carbons (Fsp3) is 0. The second kappa shape index (κ2) is 6.74. The zero-order valence-corrected chi connectivity index (χ0v) is 13.4. The zero-order chi connectivity index (χ0) is 18.0. The highest BCUT2D eigenvalue weighted by Crippen LogP contribution is 2.18. The summed E-state index contributed by atoms with van der Waals surface area (Å²) in [4.78, 5) is 23.6. The summed E-state index contributed by atoms with van der Waals surface area (Å²) in [5.41, 5.74) is 7.79. The molecule has 1 heterocycles. The minimum absolute atomic E-state index is 0.0330. The monoisotopic (exact) mass is 359 g/mol. The van der Waals surface area contributed by atoms with Crippen molar-refractivity contribution in [1.29, 1.82) is 0 Å². The van der Waals surface area contributed by atoms with Crippen molar-refractivity contribution >= 4 is 34.4 Å². The molecule has 25 heavy (non-hydrogen) atoms. The molecule has 0 aliphatic carbocycles. The van der Waals surface area contributed by atoms with Gasteiger partial charge in [-0.3, -0.25) is 9.59 Å². The van der Waals surface area contributed by atoms with Gasteiger partial charge in [-0.1, -0.05) is 17.7 Å². The number of primary amides is 1. The first-order valence-electron chi connectivity index (χ1n) is 7.07. The summed E-state index contributed by atoms with van der Waals surface area (Å²) < 4.78 is 18.7. The van der Waals surface area contributed by atoms with Crippen molar-refractivity contribution in [2.75, 3.05) is 0 Å². The van der Waals surface area contributed by atoms with Gasteiger partial charge in [0.15, 0.2) is 0 Å². The van der Waals surface area contributed by atoms with Crippen LogP contribution in [0.15, 0.2) is 58.0 Å². The van der Waals surface area contributed by atoms with E-state index in [1.165, 1.54) is 24.3 Å². The van der Waals surface area contributed by atoms with E-state index in [1.54, 1.807) is 18.2 Å². The molecule has 0 saturated heterocycles. The molecular weight excluding hydrogens is 349 g/mol. The third-order valence-corrected chi connectivity index (χ3v) is 3.56. The highest BCUT2D eigenvalue weighted by Gasteiger charge is 2.11. The predicted octanol–water partition coefficient (Wildman–Crippen LogP) is 2.57. The minimum atomic E-state index is -0.788. The van der Waals surface area contributed by atoms with Gasteiger partial charge in [-0.25, -0.2) is 9.82 Å². The van der Waals surface area contributed by atoms with Crippen LogP contribution in [0.5, 0.6) is 0 Å². The predicted molar refractivity (Wildman–Crippen MR) is 89.2 cm³/mol. The number of carbonyl (C=O) groups excluding carboxylic acids is 2. The third kappa shape index (κ3) is 3.67. The number of halogens is 2. The average molecular weight is 360 g/mol. The molecule has 0 atom stereocenters. The lowest BCUT2D eigenvalue weighted by molar-refractivity contribution is 0.0945. The maximum atomic E-state index is 13.2. The number of rotatable bonds is 3. The smallest absolute Gasteiger partial charge is 0.271 e. The molecule has 0 fully saturated rings. The molecule has 3 aromatic rings. The summed E-state index contributed by atoms with van der Waals surface area (Å²) in [6.45, 7) is 0. The van der Waals surface area contributed by atoms with Crippen LogP contribution in [0.3, 0.4) is 0 Å². The molecule has 0 saturated carbocycles. The van der Waals surface area contributed by atoms with Crippen LogP contribution >= 0.6 is 11.6 Å². The van der Waals surface area contributed by atoms with Gasteiger partial charge in [0.2, 0.25) is 5.55 Å². The van der Waals surface area contributed by atoms with Crippen molar-refractivity contribution in [1.82, 2.24) is 5.43 Å². The van der Waals surface area contributed by atoms with Gasteiger partial charge in [0, 0.05) is 16.0 Å². The van der Waals surface area contributed by atoms with Crippen LogP contribution in [0, 0.1) is 5.82 Å². The summed E-state index contributed by atoms with van der Waals surface area (Å²) in [6, 6.07) is 11.3. The lowest BCUT2D eigenvalue weighted by atomic mass is 10.2. The standard InChI is InChI=1S/C17H11ClFN3O3/c18-11-4-5-14-10(6-11)8-13(15(20)23)17(25-14)22-21-16(24)9-2-1-3-12(19)7-9/h1-8H,(H2,20,23)(H,21,24). The Kier molecular flexibility index (Phi) is 4.49. The van der Waals surface area contributed by atoms with Gasteiger partial charge in [-0.05, 0) is 42.5 Å². The molecule has 0 aliphatic rings. The highest BCUT2D eigenvalue weighted by molar-refractivity contribution is 6.31. The number of amides is 2. The third-order valence-electron chi connectivity index (χ3n) is 3.32. The second-order valence-corrected chi connectivity index (χ2v) is 5.51. The summed E-state index contributed by atoms with van der Waals surface area (Å²) in [6.07, 6.45) is 0. The van der Waals surface area contributed by atoms with Crippen LogP contribution in [-0.2, 0) is 0 Å². The van der Waals surface area contributed by atoms with Gasteiger partial charge < -0.3 is 10.2 Å². The lowest BCUT2D eigenvalue weighted by Gasteiger charge is -2.03. The fourth-order valence-corrected chi connectivity index (χ4v) is 2.34. The number of hydrogen-bond acceptors (Lipinski definition) is 4. The van der Waals surface area contributed by atoms with E-state index in [0.29, 0.717) is 16.0 Å². The van der Waals surface area contributed by atoms with E-state index < -0.39 is 17.6 Å². The Hall–Kier alpha value is -3.19. The van der Waals surface area contributed by atoms with E-state index in [-0.39, 0.29) is 16.7 Å². The van der Waals surface area contributed by atoms with Crippen LogP contribution < -0.4 is 16.7 Å². The summed E-state index contributed by atoms with van der Waals surface area (Å²) in [7, 11) is 0. The van der Waals surface area contributed by atoms with Gasteiger partial charge >= 0.3 is 0 Å². The molecule has 2 aromatic carbocycles. The van der Waals surface area contributed by atoms with Crippen molar-refractivity contribution in [2.24, 2.45) is 10.8 Å². The van der Waals surface area contributed by atoms with E-state index in [0.717, 1.165) is 6.07 Å². The van der Waals surface area contributed by atoms with Crippen molar-refractivity contribution in [3.05, 3.63) is 76.1 Å². The van der Waals surface area contributed by atoms with Crippen LogP contribution in [0.2, 0.25) is 5.02 Å². The molecule has 0 aliphatic heterocycles. The Labute approximate surface area is 145 Å². The summed E-state index contributed by atoms with van der Waals surface area (Å²) >= 11 is 5.90. The number of carbonyl (C=O) groups is 2. The van der Waals surface area contributed by atoms with Crippen LogP contribution in [0.4, 0.5) is 4.39 Å². The zero-order valence-electron chi connectivity index (χ0n) is 12.6. The van der Waals surface area contributed by atoms with Crippen LogP contribution in [-0.4, -0.2) is 11.8 Å². The SMILES string of the molecule is NC(=O)c1cc2cc(Cl)ccc2oc1=NNC(=O)c1cccc(F)c1. The second-order valence-electron chi connectivity index (χ2n) is 5.07. The van der Waals surface area contributed by atoms with Crippen molar-refractivity contribution in [3.63, 3.8) is 0 Å². The van der Waals surface area contributed by atoms with E-state index in [4.69, 9.17) is 21.8 Å². The quantitative estimate of drug-likeness (QED) is 0.703. The van der Waals surface area contributed by atoms with E-state index >= 15 is 0 Å². The number of nitrogens with two attached hydrogens (primary N) is 1. The molecule has 2 amide bonds. The van der Waals surface area contributed by atoms with Crippen molar-refractivity contribution in [2.45, 2.75) is 0 Å². The van der Waals surface area contributed by atoms with Crippen molar-refractivity contribution < 1.29 is 18.4 Å². The molecule has 126 valence electrons. The van der Waals surface area contributed by atoms with Crippen molar-refractivity contribution in [3.8, 4) is 0 Å². The highest BCUT2D eigenvalue weighted by atomic mass is 35.5. The first-order chi connectivity index (χ1) is 11.9. The minimum Gasteiger partial charge on any atom is -0.436 e. The van der Waals surface area contributed by atoms with Gasteiger partial charge in [0.1, 0.15) is 17.0 Å². The molecule has 1 aromatic heterocycles. The summed E-state index contributed by atoms with van der Waals surface area (Å²) in [5, 5.41) is 4.80. The van der Waals surface area contributed by atoms with E-state index in [1.807, 2.05) is 0 Å². The molecule has 3 N–H and O–H groups in total. The Morgan fingerprint density at radius 2 is 1.96 bits per heavy atom.